The molecule has 0 aliphatic heterocycles. The van der Waals surface area contributed by atoms with Crippen LogP contribution < -0.4 is 0 Å². The average Bonchev–Trinajstić information content (AvgIpc) is 2.74. The molecule has 1 N–H and O–H groups in total. The molecule has 1 aliphatic rings. The summed E-state index contributed by atoms with van der Waals surface area (Å²) in [6.07, 6.45) is 10.3. The van der Waals surface area contributed by atoms with Crippen molar-refractivity contribution in [2.45, 2.75) is 31.9 Å². The van der Waals surface area contributed by atoms with Crippen LogP contribution >= 0.6 is 0 Å². The van der Waals surface area contributed by atoms with Gasteiger partial charge in [-0.3, -0.25) is 0 Å². The molecular weight excluding hydrogens is 214 g/mol. The van der Waals surface area contributed by atoms with Gasteiger partial charge in [-0.1, -0.05) is 0 Å². The minimum Gasteiger partial charge on any atom is -0.388 e. The van der Waals surface area contributed by atoms with E-state index in [0.717, 1.165) is 30.7 Å². The largest absolute Gasteiger partial charge is 0.388 e. The molecule has 0 amide bonds. The van der Waals surface area contributed by atoms with Gasteiger partial charge in [0.25, 0.3) is 0 Å². The first-order valence-corrected chi connectivity index (χ1v) is 5.95. The summed E-state index contributed by atoms with van der Waals surface area (Å²) in [5.41, 5.74) is 2.34. The van der Waals surface area contributed by atoms with Gasteiger partial charge in [-0.2, -0.15) is 0 Å². The van der Waals surface area contributed by atoms with Gasteiger partial charge >= 0.3 is 0 Å². The lowest BCUT2D eigenvalue weighted by Crippen LogP contribution is -2.05. The van der Waals surface area contributed by atoms with Crippen molar-refractivity contribution < 1.29 is 5.11 Å². The molecule has 1 atom stereocenters. The van der Waals surface area contributed by atoms with Crippen LogP contribution in [0.4, 0.5) is 0 Å². The van der Waals surface area contributed by atoms with E-state index in [1.165, 1.54) is 5.56 Å². The van der Waals surface area contributed by atoms with E-state index in [4.69, 9.17) is 0 Å². The van der Waals surface area contributed by atoms with Gasteiger partial charge in [0.1, 0.15) is 5.82 Å². The molecule has 0 fully saturated rings. The summed E-state index contributed by atoms with van der Waals surface area (Å²) in [6.45, 7) is 0.667. The first kappa shape index (κ1) is 10.5. The highest BCUT2D eigenvalue weighted by atomic mass is 16.3. The van der Waals surface area contributed by atoms with Crippen LogP contribution in [0.2, 0.25) is 0 Å². The summed E-state index contributed by atoms with van der Waals surface area (Å²) in [4.78, 5) is 8.41. The molecule has 0 saturated heterocycles. The van der Waals surface area contributed by atoms with E-state index in [2.05, 4.69) is 20.7 Å². The van der Waals surface area contributed by atoms with Crippen molar-refractivity contribution in [1.82, 2.24) is 14.5 Å². The summed E-state index contributed by atoms with van der Waals surface area (Å²) in [6, 6.07) is 1.81. The van der Waals surface area contributed by atoms with Gasteiger partial charge in [0.2, 0.25) is 0 Å². The van der Waals surface area contributed by atoms with E-state index in [9.17, 15) is 5.11 Å². The Labute approximate surface area is 100.0 Å². The van der Waals surface area contributed by atoms with E-state index >= 15 is 0 Å². The average molecular weight is 229 g/mol. The number of nitrogens with zero attached hydrogens (tertiary/aromatic N) is 3. The number of fused-ring (bicyclic) bond motifs is 1. The molecular formula is C13H15N3O. The van der Waals surface area contributed by atoms with Crippen molar-refractivity contribution in [2.75, 3.05) is 0 Å². The molecule has 3 rings (SSSR count). The predicted octanol–water partition coefficient (Wildman–Crippen LogP) is 1.70. The van der Waals surface area contributed by atoms with Crippen LogP contribution in [-0.4, -0.2) is 19.6 Å². The normalized spacial score (nSPS) is 19.0. The number of aliphatic hydroxyl groups is 1. The maximum absolute atomic E-state index is 9.90. The Morgan fingerprint density at radius 2 is 2.12 bits per heavy atom. The standard InChI is InChI=1S/C13H15N3O/c17-12-4-1-3-10-7-16(8-11(10)12)9-13-14-5-2-6-15-13/h2,5-8,12,17H,1,3-4,9H2. The van der Waals surface area contributed by atoms with Crippen molar-refractivity contribution >= 4 is 0 Å². The molecule has 0 aromatic carbocycles. The van der Waals surface area contributed by atoms with Crippen LogP contribution in [0.3, 0.4) is 0 Å². The molecule has 1 unspecified atom stereocenters. The van der Waals surface area contributed by atoms with Gasteiger partial charge in [0.15, 0.2) is 0 Å². The fourth-order valence-electron chi connectivity index (χ4n) is 2.39. The van der Waals surface area contributed by atoms with Crippen molar-refractivity contribution in [1.29, 1.82) is 0 Å². The van der Waals surface area contributed by atoms with Gasteiger partial charge in [0.05, 0.1) is 12.6 Å². The second kappa shape index (κ2) is 4.30. The first-order valence-electron chi connectivity index (χ1n) is 5.95. The van der Waals surface area contributed by atoms with Crippen molar-refractivity contribution in [2.24, 2.45) is 0 Å². The molecule has 0 bridgehead atoms. The number of aliphatic hydroxyl groups excluding tert-OH is 1. The molecule has 2 heterocycles. The minimum atomic E-state index is -0.295. The van der Waals surface area contributed by atoms with Crippen LogP contribution in [0, 0.1) is 0 Å². The molecule has 88 valence electrons. The van der Waals surface area contributed by atoms with Crippen LogP contribution in [-0.2, 0) is 13.0 Å². The highest BCUT2D eigenvalue weighted by Gasteiger charge is 2.19. The third-order valence-corrected chi connectivity index (χ3v) is 3.22. The van der Waals surface area contributed by atoms with Crippen LogP contribution in [0.25, 0.3) is 0 Å². The Bertz CT molecular complexity index is 507. The lowest BCUT2D eigenvalue weighted by Gasteiger charge is -2.16. The molecule has 0 saturated carbocycles. The molecule has 2 aromatic heterocycles. The molecule has 17 heavy (non-hydrogen) atoms. The summed E-state index contributed by atoms with van der Waals surface area (Å²) in [5, 5.41) is 9.90. The van der Waals surface area contributed by atoms with E-state index in [1.807, 2.05) is 12.3 Å². The van der Waals surface area contributed by atoms with Crippen LogP contribution in [0.15, 0.2) is 30.9 Å². The Kier molecular flexibility index (Phi) is 2.65. The first-order chi connectivity index (χ1) is 8.33. The molecule has 4 heteroatoms. The van der Waals surface area contributed by atoms with Crippen LogP contribution in [0.5, 0.6) is 0 Å². The smallest absolute Gasteiger partial charge is 0.147 e. The highest BCUT2D eigenvalue weighted by molar-refractivity contribution is 5.29. The highest BCUT2D eigenvalue weighted by Crippen LogP contribution is 2.30. The zero-order valence-corrected chi connectivity index (χ0v) is 9.58. The van der Waals surface area contributed by atoms with Gasteiger partial charge in [-0.15, -0.1) is 0 Å². The third kappa shape index (κ3) is 2.08. The van der Waals surface area contributed by atoms with E-state index < -0.39 is 0 Å². The quantitative estimate of drug-likeness (QED) is 0.852. The van der Waals surface area contributed by atoms with Crippen molar-refractivity contribution in [3.05, 3.63) is 47.8 Å². The van der Waals surface area contributed by atoms with Gasteiger partial charge in [-0.05, 0) is 30.9 Å². The third-order valence-electron chi connectivity index (χ3n) is 3.22. The van der Waals surface area contributed by atoms with E-state index in [-0.39, 0.29) is 6.10 Å². The summed E-state index contributed by atoms with van der Waals surface area (Å²) >= 11 is 0. The van der Waals surface area contributed by atoms with Gasteiger partial charge in [0, 0.05) is 30.4 Å². The van der Waals surface area contributed by atoms with E-state index in [0.29, 0.717) is 6.54 Å². The maximum Gasteiger partial charge on any atom is 0.147 e. The van der Waals surface area contributed by atoms with E-state index in [1.54, 1.807) is 12.4 Å². The van der Waals surface area contributed by atoms with Crippen molar-refractivity contribution in [3.63, 3.8) is 0 Å². The SMILES string of the molecule is OC1CCCc2cn(Cc3ncccn3)cc21. The Morgan fingerprint density at radius 3 is 2.88 bits per heavy atom. The summed E-state index contributed by atoms with van der Waals surface area (Å²) in [7, 11) is 0. The Morgan fingerprint density at radius 1 is 1.29 bits per heavy atom. The Balaban J connectivity index is 1.85. The summed E-state index contributed by atoms with van der Waals surface area (Å²) in [5.74, 6) is 0.800. The molecule has 0 radical (unpaired) electrons. The fourth-order valence-corrected chi connectivity index (χ4v) is 2.39. The van der Waals surface area contributed by atoms with Gasteiger partial charge in [-0.25, -0.2) is 9.97 Å². The molecule has 4 nitrogen and oxygen atoms in total. The van der Waals surface area contributed by atoms with Crippen LogP contribution in [0.1, 0.15) is 35.9 Å². The minimum absolute atomic E-state index is 0.295. The molecule has 2 aromatic rings. The second-order valence-corrected chi connectivity index (χ2v) is 4.48. The number of rotatable bonds is 2. The lowest BCUT2D eigenvalue weighted by atomic mass is 9.93. The van der Waals surface area contributed by atoms with Crippen molar-refractivity contribution in [3.8, 4) is 0 Å². The zero-order valence-electron chi connectivity index (χ0n) is 9.58. The topological polar surface area (TPSA) is 50.9 Å². The lowest BCUT2D eigenvalue weighted by molar-refractivity contribution is 0.157. The fraction of sp³-hybridized carbons (Fsp3) is 0.385. The molecule has 1 aliphatic carbocycles. The monoisotopic (exact) mass is 229 g/mol. The second-order valence-electron chi connectivity index (χ2n) is 4.48. The maximum atomic E-state index is 9.90. The zero-order chi connectivity index (χ0) is 11.7. The number of hydrogen-bond acceptors (Lipinski definition) is 3. The Hall–Kier alpha value is -1.68. The molecule has 0 spiro atoms. The number of aryl methyl sites for hydroxylation is 1. The van der Waals surface area contributed by atoms with Gasteiger partial charge < -0.3 is 9.67 Å². The number of hydrogen-bond donors (Lipinski definition) is 1. The predicted molar refractivity (Wildman–Crippen MR) is 63.5 cm³/mol. The summed E-state index contributed by atoms with van der Waals surface area (Å²) < 4.78 is 2.06. The number of aromatic nitrogens is 3.